The maximum Gasteiger partial charge on any atom is 0.322 e. The largest absolute Gasteiger partial charge is 0.322 e. The van der Waals surface area contributed by atoms with E-state index in [0.717, 1.165) is 25.7 Å². The zero-order chi connectivity index (χ0) is 24.6. The molecule has 5 rings (SSSR count). The second-order valence-corrected chi connectivity index (χ2v) is 10.5. The highest BCUT2D eigenvalue weighted by Crippen LogP contribution is 2.62. The fourth-order valence-electron chi connectivity index (χ4n) is 6.00. The van der Waals surface area contributed by atoms with E-state index in [1.807, 2.05) is 23.1 Å². The average molecular weight is 499 g/mol. The molecule has 2 aromatic carbocycles. The van der Waals surface area contributed by atoms with Crippen LogP contribution in [0.15, 0.2) is 42.5 Å². The molecule has 0 aromatic heterocycles. The summed E-state index contributed by atoms with van der Waals surface area (Å²) in [5.74, 6) is -0.0677. The zero-order valence-electron chi connectivity index (χ0n) is 19.5. The second kappa shape index (κ2) is 9.75. The van der Waals surface area contributed by atoms with Crippen molar-refractivity contribution < 1.29 is 13.6 Å². The number of likely N-dealkylation sites (tertiary alicyclic amines) is 1. The number of anilines is 1. The zero-order valence-corrected chi connectivity index (χ0v) is 20.3. The van der Waals surface area contributed by atoms with Gasteiger partial charge >= 0.3 is 6.03 Å². The predicted octanol–water partition coefficient (Wildman–Crippen LogP) is 5.74. The van der Waals surface area contributed by atoms with E-state index in [1.165, 1.54) is 23.8 Å². The third kappa shape index (κ3) is 5.00. The summed E-state index contributed by atoms with van der Waals surface area (Å²) in [6.07, 6.45) is 3.51. The lowest BCUT2D eigenvalue weighted by Crippen LogP contribution is -2.48. The summed E-state index contributed by atoms with van der Waals surface area (Å²) in [6, 6.07) is 14.1. The Labute approximate surface area is 209 Å². The molecule has 0 radical (unpaired) electrons. The van der Waals surface area contributed by atoms with Crippen LogP contribution in [0.5, 0.6) is 0 Å². The van der Waals surface area contributed by atoms with E-state index in [0.29, 0.717) is 49.8 Å². The molecule has 1 aliphatic heterocycles. The molecule has 2 saturated carbocycles. The Kier molecular flexibility index (Phi) is 6.69. The average Bonchev–Trinajstić information content (AvgIpc) is 3.46. The highest BCUT2D eigenvalue weighted by atomic mass is 35.5. The van der Waals surface area contributed by atoms with E-state index >= 15 is 0 Å². The van der Waals surface area contributed by atoms with Gasteiger partial charge in [0.05, 0.1) is 16.7 Å². The predicted molar refractivity (Wildman–Crippen MR) is 132 cm³/mol. The number of nitrogens with zero attached hydrogens (tertiary/aromatic N) is 3. The summed E-state index contributed by atoms with van der Waals surface area (Å²) in [5.41, 5.74) is 2.46. The molecule has 0 bridgehead atoms. The Balaban J connectivity index is 1.29. The number of rotatable bonds is 6. The molecule has 3 fully saturated rings. The molecule has 2 aliphatic carbocycles. The highest BCUT2D eigenvalue weighted by molar-refractivity contribution is 6.31. The Morgan fingerprint density at radius 1 is 1.29 bits per heavy atom. The Morgan fingerprint density at radius 2 is 2.14 bits per heavy atom. The van der Waals surface area contributed by atoms with Crippen molar-refractivity contribution >= 4 is 23.3 Å². The first kappa shape index (κ1) is 24.0. The topological polar surface area (TPSA) is 59.4 Å². The van der Waals surface area contributed by atoms with Crippen molar-refractivity contribution in [3.8, 4) is 6.07 Å². The van der Waals surface area contributed by atoms with Crippen molar-refractivity contribution in [2.45, 2.75) is 49.7 Å². The van der Waals surface area contributed by atoms with Gasteiger partial charge in [0.25, 0.3) is 0 Å². The number of nitrogens with one attached hydrogen (secondary N) is 1. The lowest BCUT2D eigenvalue weighted by Gasteiger charge is -2.37. The van der Waals surface area contributed by atoms with E-state index in [2.05, 4.69) is 22.4 Å². The SMILES string of the molecule is N#Cc1cccc([C@]23CC[C@@H](N(CCN4CCC(F)C4)C(=O)Nc4ccc(F)c(Cl)c4)C[C@H]2C3)c1. The van der Waals surface area contributed by atoms with E-state index in [1.54, 1.807) is 0 Å². The third-order valence-electron chi connectivity index (χ3n) is 8.02. The quantitative estimate of drug-likeness (QED) is 0.552. The maximum absolute atomic E-state index is 13.7. The van der Waals surface area contributed by atoms with Gasteiger partial charge in [-0.3, -0.25) is 4.90 Å². The number of hydrogen-bond donors (Lipinski definition) is 1. The van der Waals surface area contributed by atoms with Crippen molar-refractivity contribution in [2.24, 2.45) is 5.92 Å². The van der Waals surface area contributed by atoms with Gasteiger partial charge in [-0.15, -0.1) is 0 Å². The minimum absolute atomic E-state index is 0.0413. The van der Waals surface area contributed by atoms with Crippen LogP contribution < -0.4 is 5.32 Å². The Bertz CT molecular complexity index is 1150. The summed E-state index contributed by atoms with van der Waals surface area (Å²) >= 11 is 5.90. The minimum Gasteiger partial charge on any atom is -0.320 e. The van der Waals surface area contributed by atoms with Crippen LogP contribution in [0, 0.1) is 23.1 Å². The summed E-state index contributed by atoms with van der Waals surface area (Å²) in [4.78, 5) is 17.3. The highest BCUT2D eigenvalue weighted by Gasteiger charge is 2.58. The van der Waals surface area contributed by atoms with Gasteiger partial charge in [0.15, 0.2) is 0 Å². The molecule has 2 aromatic rings. The number of alkyl halides is 1. The molecule has 5 nitrogen and oxygen atoms in total. The second-order valence-electron chi connectivity index (χ2n) is 10.1. The van der Waals surface area contributed by atoms with Gasteiger partial charge in [0.1, 0.15) is 12.0 Å². The van der Waals surface area contributed by atoms with Gasteiger partial charge in [0, 0.05) is 37.9 Å². The molecule has 2 amide bonds. The van der Waals surface area contributed by atoms with Crippen LogP contribution in [0.25, 0.3) is 0 Å². The van der Waals surface area contributed by atoms with Gasteiger partial charge in [0.2, 0.25) is 0 Å². The van der Waals surface area contributed by atoms with Crippen LogP contribution >= 0.6 is 11.6 Å². The molecule has 8 heteroatoms. The molecule has 35 heavy (non-hydrogen) atoms. The Morgan fingerprint density at radius 3 is 2.86 bits per heavy atom. The maximum atomic E-state index is 13.7. The molecule has 1 N–H and O–H groups in total. The van der Waals surface area contributed by atoms with Gasteiger partial charge in [-0.05, 0) is 79.3 Å². The number of halogens is 3. The molecule has 3 aliphatic rings. The van der Waals surface area contributed by atoms with E-state index in [4.69, 9.17) is 11.6 Å². The monoisotopic (exact) mass is 498 g/mol. The lowest BCUT2D eigenvalue weighted by atomic mass is 9.80. The standard InChI is InChI=1S/C27H29ClF2N4O/c28-24-14-22(4-5-25(24)30)32-26(35)34(11-10-33-9-7-21(29)17-33)23-6-8-27(15-20(27)13-23)19-3-1-2-18(12-19)16-31/h1-5,12,14,20-21,23H,6-11,13,15,17H2,(H,32,35)/t20-,21?,23+,27+/m0/s1. The number of carbonyl (C=O) groups excluding carboxylic acids is 1. The summed E-state index contributed by atoms with van der Waals surface area (Å²) in [7, 11) is 0. The van der Waals surface area contributed by atoms with E-state index < -0.39 is 12.0 Å². The minimum atomic E-state index is -0.801. The number of carbonyl (C=O) groups is 1. The first-order valence-corrected chi connectivity index (χ1v) is 12.7. The molecule has 1 saturated heterocycles. The van der Waals surface area contributed by atoms with Crippen LogP contribution in [0.4, 0.5) is 19.3 Å². The van der Waals surface area contributed by atoms with Crippen LogP contribution in [-0.4, -0.2) is 54.2 Å². The fourth-order valence-corrected chi connectivity index (χ4v) is 6.18. The molecular weight excluding hydrogens is 470 g/mol. The number of urea groups is 1. The van der Waals surface area contributed by atoms with Crippen molar-refractivity contribution in [1.29, 1.82) is 5.26 Å². The molecule has 0 spiro atoms. The van der Waals surface area contributed by atoms with Gasteiger partial charge in [-0.2, -0.15) is 5.26 Å². The number of hydrogen-bond acceptors (Lipinski definition) is 3. The number of benzene rings is 2. The summed E-state index contributed by atoms with van der Waals surface area (Å²) in [6.45, 7) is 2.24. The van der Waals surface area contributed by atoms with Gasteiger partial charge in [-0.1, -0.05) is 23.7 Å². The van der Waals surface area contributed by atoms with E-state index in [-0.39, 0.29) is 22.5 Å². The number of fused-ring (bicyclic) bond motifs is 1. The molecule has 1 unspecified atom stereocenters. The first-order chi connectivity index (χ1) is 16.9. The summed E-state index contributed by atoms with van der Waals surface area (Å²) < 4.78 is 27.3. The van der Waals surface area contributed by atoms with Crippen molar-refractivity contribution in [2.75, 3.05) is 31.5 Å². The normalized spacial score (nSPS) is 27.7. The fraction of sp³-hybridized carbons (Fsp3) is 0.481. The summed E-state index contributed by atoms with van der Waals surface area (Å²) in [5, 5.41) is 12.1. The Hall–Kier alpha value is -2.69. The van der Waals surface area contributed by atoms with Crippen LogP contribution in [0.2, 0.25) is 5.02 Å². The van der Waals surface area contributed by atoms with Gasteiger partial charge in [-0.25, -0.2) is 13.6 Å². The molecule has 1 heterocycles. The van der Waals surface area contributed by atoms with Crippen molar-refractivity contribution in [1.82, 2.24) is 9.80 Å². The number of amides is 2. The molecular formula is C27H29ClF2N4O. The van der Waals surface area contributed by atoms with Crippen molar-refractivity contribution in [3.63, 3.8) is 0 Å². The smallest absolute Gasteiger partial charge is 0.320 e. The van der Waals surface area contributed by atoms with E-state index in [9.17, 15) is 18.8 Å². The van der Waals surface area contributed by atoms with Crippen LogP contribution in [-0.2, 0) is 5.41 Å². The lowest BCUT2D eigenvalue weighted by molar-refractivity contribution is 0.148. The molecule has 184 valence electrons. The van der Waals surface area contributed by atoms with Crippen LogP contribution in [0.1, 0.15) is 43.2 Å². The van der Waals surface area contributed by atoms with Crippen molar-refractivity contribution in [3.05, 3.63) is 64.4 Å². The van der Waals surface area contributed by atoms with Crippen LogP contribution in [0.3, 0.4) is 0 Å². The van der Waals surface area contributed by atoms with Gasteiger partial charge < -0.3 is 10.2 Å². The molecule has 4 atom stereocenters. The third-order valence-corrected chi connectivity index (χ3v) is 8.31. The number of nitriles is 1. The first-order valence-electron chi connectivity index (χ1n) is 12.3.